The summed E-state index contributed by atoms with van der Waals surface area (Å²) in [6, 6.07) is 11.1. The monoisotopic (exact) mass is 843 g/mol. The van der Waals surface area contributed by atoms with Crippen LogP contribution in [0.25, 0.3) is 0 Å². The van der Waals surface area contributed by atoms with Crippen LogP contribution in [0.3, 0.4) is 0 Å². The van der Waals surface area contributed by atoms with E-state index in [2.05, 4.69) is 88.3 Å². The first kappa shape index (κ1) is 68.8. The van der Waals surface area contributed by atoms with Crippen molar-refractivity contribution in [1.82, 2.24) is 15.0 Å². The van der Waals surface area contributed by atoms with Crippen molar-refractivity contribution in [2.24, 2.45) is 5.73 Å². The molecule has 3 aromatic heterocycles. The molecule has 0 saturated carbocycles. The molecule has 15 heteroatoms. The van der Waals surface area contributed by atoms with Crippen molar-refractivity contribution in [3.63, 3.8) is 0 Å². The molecule has 57 heavy (non-hydrogen) atoms. The second-order valence-corrected chi connectivity index (χ2v) is 16.7. The molecule has 5 N–H and O–H groups in total. The molecule has 0 radical (unpaired) electrons. The van der Waals surface area contributed by atoms with Crippen molar-refractivity contribution in [2.75, 3.05) is 18.1 Å². The van der Waals surface area contributed by atoms with Crippen LogP contribution in [0, 0.1) is 0 Å². The summed E-state index contributed by atoms with van der Waals surface area (Å²) in [4.78, 5) is 33.2. The Balaban J connectivity index is -0.000000113. The van der Waals surface area contributed by atoms with Crippen molar-refractivity contribution in [2.45, 2.75) is 160 Å². The first-order chi connectivity index (χ1) is 23.7. The smallest absolute Gasteiger partial charge is 0.850 e. The number of ether oxygens (including phenoxy) is 1. The van der Waals surface area contributed by atoms with E-state index in [9.17, 15) is 23.1 Å². The minimum Gasteiger partial charge on any atom is -0.850 e. The number of nitrogen functional groups attached to an aromatic ring is 1. The van der Waals surface area contributed by atoms with E-state index in [1.54, 1.807) is 45.4 Å². The molecule has 0 bridgehead atoms. The molecule has 1 amide bonds. The largest absolute Gasteiger partial charge is 1.00 e. The van der Waals surface area contributed by atoms with Crippen LogP contribution in [0.5, 0.6) is 0 Å². The quantitative estimate of drug-likeness (QED) is 0.162. The summed E-state index contributed by atoms with van der Waals surface area (Å²) in [6.07, 6.45) is -0.891. The predicted octanol–water partition coefficient (Wildman–Crippen LogP) is 8.10. The fourth-order valence-corrected chi connectivity index (χ4v) is 3.90. The van der Waals surface area contributed by atoms with Gasteiger partial charge in [-0.3, -0.25) is 25.1 Å². The van der Waals surface area contributed by atoms with E-state index in [1.807, 2.05) is 51.1 Å². The van der Waals surface area contributed by atoms with Crippen LogP contribution >= 0.6 is 11.6 Å². The van der Waals surface area contributed by atoms with Gasteiger partial charge in [-0.15, -0.1) is 5.60 Å². The zero-order chi connectivity index (χ0) is 42.6. The van der Waals surface area contributed by atoms with Gasteiger partial charge in [0.2, 0.25) is 6.29 Å². The number of rotatable bonds is 1. The molecule has 0 aliphatic rings. The number of nitrogens with one attached hydrogen (secondary N) is 1. The van der Waals surface area contributed by atoms with Crippen LogP contribution in [0.2, 0.25) is 5.02 Å². The third kappa shape index (κ3) is 38.5. The molecule has 0 saturated heterocycles. The van der Waals surface area contributed by atoms with Gasteiger partial charge < -0.3 is 21.3 Å². The Morgan fingerprint density at radius 2 is 1.02 bits per heavy atom. The number of carbonyl (C=O) groups excluding carboxylic acids is 2. The Morgan fingerprint density at radius 1 is 0.702 bits per heavy atom. The SMILES string of the molecule is C.C.C.CC(C)(C)OC(=O)Nc1cccnc1C(C)(C)C.CC(C)(C)[O-].CC(C)(C)c1ncccc1Cl.CC(C)(C)c1ncccc1N.CN.O=CC(F)(F)F.[Na+]. The molecular weight excluding hydrogens is 768 g/mol. The van der Waals surface area contributed by atoms with Crippen molar-refractivity contribution < 1.29 is 62.2 Å². The number of nitrogens with zero attached hydrogens (tertiary/aromatic N) is 3. The van der Waals surface area contributed by atoms with Crippen molar-refractivity contribution >= 4 is 35.4 Å². The standard InChI is InChI=1S/C14H22N2O2.C9H12ClN.C9H14N2.C4H9O.C2HF3O.CH5N.3CH4.Na/c1-13(2,3)11-10(8-7-9-15-11)16-12(17)18-14(4,5)6;2*1-9(2,3)8-7(10)5-4-6-11-8;1-4(2,3)5;3-2(4,5)1-6;1-2;;;;/h7-9H,1-6H3,(H,16,17);4-6H,1-3H3;4-6H,10H2,1-3H3;1-3H3;1H;2H2,1H3;3*1H4;/q;;;-1;;;;;;+1. The molecular formula is C42H75ClF3N6NaO4. The van der Waals surface area contributed by atoms with Gasteiger partial charge in [-0.2, -0.15) is 13.2 Å². The van der Waals surface area contributed by atoms with Gasteiger partial charge in [0, 0.05) is 34.8 Å². The molecule has 0 fully saturated rings. The molecule has 326 valence electrons. The van der Waals surface area contributed by atoms with Crippen molar-refractivity contribution in [3.8, 4) is 0 Å². The fraction of sp³-hybridized carbons (Fsp3) is 0.595. The number of alkyl halides is 3. The number of halogens is 4. The Hall–Kier alpha value is -2.81. The van der Waals surface area contributed by atoms with E-state index in [-0.39, 0.29) is 68.1 Å². The minimum atomic E-state index is -4.64. The zero-order valence-electron chi connectivity index (χ0n) is 35.4. The molecule has 0 aliphatic carbocycles. The summed E-state index contributed by atoms with van der Waals surface area (Å²) in [6.45, 7) is 29.2. The Labute approximate surface area is 371 Å². The van der Waals surface area contributed by atoms with E-state index in [0.717, 1.165) is 27.8 Å². The molecule has 0 aromatic carbocycles. The van der Waals surface area contributed by atoms with Gasteiger partial charge in [0.25, 0.3) is 0 Å². The molecule has 10 nitrogen and oxygen atoms in total. The number of aromatic nitrogens is 3. The van der Waals surface area contributed by atoms with Crippen LogP contribution in [-0.4, -0.2) is 51.8 Å². The fourth-order valence-electron chi connectivity index (χ4n) is 3.50. The third-order valence-electron chi connectivity index (χ3n) is 5.31. The Morgan fingerprint density at radius 3 is 1.28 bits per heavy atom. The maximum atomic E-state index is 11.7. The van der Waals surface area contributed by atoms with Crippen molar-refractivity contribution in [3.05, 3.63) is 77.1 Å². The number of pyridine rings is 3. The number of hydrogen-bond acceptors (Lipinski definition) is 9. The summed E-state index contributed by atoms with van der Waals surface area (Å²) >= 11 is 5.95. The topological polar surface area (TPSA) is 169 Å². The number of carbonyl (C=O) groups is 2. The number of hydrogen-bond donors (Lipinski definition) is 3. The maximum Gasteiger partial charge on any atom is 1.00 e. The van der Waals surface area contributed by atoms with E-state index in [0.29, 0.717) is 5.69 Å². The summed E-state index contributed by atoms with van der Waals surface area (Å²) in [5.74, 6) is 0. The van der Waals surface area contributed by atoms with E-state index >= 15 is 0 Å². The number of aldehydes is 1. The van der Waals surface area contributed by atoms with Crippen LogP contribution < -0.4 is 51.4 Å². The Kier molecular flexibility index (Phi) is 36.6. The van der Waals surface area contributed by atoms with Crippen molar-refractivity contribution in [1.29, 1.82) is 0 Å². The van der Waals surface area contributed by atoms with Gasteiger partial charge >= 0.3 is 41.8 Å². The van der Waals surface area contributed by atoms with Gasteiger partial charge in [0.1, 0.15) is 5.60 Å². The minimum absolute atomic E-state index is 0. The Bertz CT molecular complexity index is 1430. The number of nitrogens with two attached hydrogens (primary N) is 2. The summed E-state index contributed by atoms with van der Waals surface area (Å²) in [7, 11) is 1.50. The van der Waals surface area contributed by atoms with E-state index in [1.165, 1.54) is 7.05 Å². The summed E-state index contributed by atoms with van der Waals surface area (Å²) in [5, 5.41) is 13.6. The molecule has 0 spiro atoms. The molecule has 3 heterocycles. The number of anilines is 2. The molecule has 0 aliphatic heterocycles. The first-order valence-electron chi connectivity index (χ1n) is 16.8. The summed E-state index contributed by atoms with van der Waals surface area (Å²) in [5.41, 5.74) is 13.2. The van der Waals surface area contributed by atoms with Crippen LogP contribution in [-0.2, 0) is 25.8 Å². The average Bonchev–Trinajstić information content (AvgIpc) is 2.96. The van der Waals surface area contributed by atoms with Gasteiger partial charge in [-0.1, -0.05) is 117 Å². The zero-order valence-corrected chi connectivity index (χ0v) is 38.2. The number of amides is 1. The van der Waals surface area contributed by atoms with Gasteiger partial charge in [-0.25, -0.2) is 4.79 Å². The average molecular weight is 844 g/mol. The van der Waals surface area contributed by atoms with Crippen LogP contribution in [0.15, 0.2) is 55.0 Å². The van der Waals surface area contributed by atoms with E-state index in [4.69, 9.17) is 26.9 Å². The van der Waals surface area contributed by atoms with Crippen LogP contribution in [0.1, 0.15) is 143 Å². The molecule has 3 rings (SSSR count). The van der Waals surface area contributed by atoms with Gasteiger partial charge in [-0.05, 0) is 64.2 Å². The summed E-state index contributed by atoms with van der Waals surface area (Å²) < 4.78 is 36.5. The van der Waals surface area contributed by atoms with Crippen LogP contribution in [0.4, 0.5) is 29.3 Å². The normalized spacial score (nSPS) is 10.6. The predicted molar refractivity (Wildman–Crippen MR) is 230 cm³/mol. The maximum absolute atomic E-state index is 11.7. The second kappa shape index (κ2) is 30.3. The molecule has 0 atom stereocenters. The third-order valence-corrected chi connectivity index (χ3v) is 5.61. The van der Waals surface area contributed by atoms with E-state index < -0.39 is 29.8 Å². The van der Waals surface area contributed by atoms with Gasteiger partial charge in [0.15, 0.2) is 0 Å². The van der Waals surface area contributed by atoms with Gasteiger partial charge in [0.05, 0.1) is 33.5 Å². The molecule has 3 aromatic rings. The second-order valence-electron chi connectivity index (χ2n) is 16.3. The first-order valence-corrected chi connectivity index (χ1v) is 17.2. The molecule has 0 unspecified atom stereocenters.